The second kappa shape index (κ2) is 9.52. The van der Waals surface area contributed by atoms with Gasteiger partial charge in [0.25, 0.3) is 0 Å². The Kier molecular flexibility index (Phi) is 6.82. The van der Waals surface area contributed by atoms with Crippen LogP contribution in [0, 0.1) is 12.7 Å². The van der Waals surface area contributed by atoms with Crippen LogP contribution in [-0.4, -0.2) is 47.9 Å². The standard InChI is InChI=1S/C22H27FN4O2/c1-16-6-2-3-7-17(16)15-26-10-12-27(13-11-26)21(28)14-20(25-22(24)29)18-8-4-5-9-19(18)23/h2-9,20H,10-15H2,1H3,(H3,24,25,29). The van der Waals surface area contributed by atoms with E-state index in [1.54, 1.807) is 23.1 Å². The summed E-state index contributed by atoms with van der Waals surface area (Å²) in [6.45, 7) is 5.71. The van der Waals surface area contributed by atoms with Gasteiger partial charge in [-0.1, -0.05) is 42.5 Å². The Labute approximate surface area is 170 Å². The molecule has 1 aliphatic rings. The zero-order chi connectivity index (χ0) is 20.8. The Bertz CT molecular complexity index is 865. The molecule has 2 aromatic rings. The Morgan fingerprint density at radius 2 is 1.72 bits per heavy atom. The van der Waals surface area contributed by atoms with Crippen molar-refractivity contribution in [2.24, 2.45) is 5.73 Å². The van der Waals surface area contributed by atoms with E-state index >= 15 is 0 Å². The molecule has 1 saturated heterocycles. The third-order valence-corrected chi connectivity index (χ3v) is 5.36. The van der Waals surface area contributed by atoms with E-state index in [-0.39, 0.29) is 17.9 Å². The van der Waals surface area contributed by atoms with Gasteiger partial charge in [0.2, 0.25) is 5.91 Å². The Hall–Kier alpha value is -2.93. The highest BCUT2D eigenvalue weighted by atomic mass is 19.1. The average Bonchev–Trinajstić information content (AvgIpc) is 2.70. The minimum Gasteiger partial charge on any atom is -0.352 e. The zero-order valence-corrected chi connectivity index (χ0v) is 16.6. The predicted octanol–water partition coefficient (Wildman–Crippen LogP) is 2.58. The molecule has 3 N–H and O–H groups in total. The monoisotopic (exact) mass is 398 g/mol. The third kappa shape index (κ3) is 5.54. The fourth-order valence-corrected chi connectivity index (χ4v) is 3.66. The number of amides is 3. The van der Waals surface area contributed by atoms with Gasteiger partial charge in [-0.2, -0.15) is 0 Å². The van der Waals surface area contributed by atoms with Gasteiger partial charge < -0.3 is 16.0 Å². The lowest BCUT2D eigenvalue weighted by atomic mass is 10.0. The van der Waals surface area contributed by atoms with Crippen LogP contribution in [0.3, 0.4) is 0 Å². The van der Waals surface area contributed by atoms with Crippen molar-refractivity contribution in [3.8, 4) is 0 Å². The first-order valence-corrected chi connectivity index (χ1v) is 9.79. The van der Waals surface area contributed by atoms with Gasteiger partial charge in [0.1, 0.15) is 5.82 Å². The second-order valence-electron chi connectivity index (χ2n) is 7.37. The van der Waals surface area contributed by atoms with Gasteiger partial charge in [0, 0.05) is 38.3 Å². The summed E-state index contributed by atoms with van der Waals surface area (Å²) in [7, 11) is 0. The molecule has 0 bridgehead atoms. The number of urea groups is 1. The molecule has 3 amide bonds. The number of nitrogens with one attached hydrogen (secondary N) is 1. The summed E-state index contributed by atoms with van der Waals surface area (Å²) in [5.74, 6) is -0.593. The molecule has 6 nitrogen and oxygen atoms in total. The first-order chi connectivity index (χ1) is 13.9. The number of nitrogens with zero attached hydrogens (tertiary/aromatic N) is 2. The van der Waals surface area contributed by atoms with Crippen LogP contribution >= 0.6 is 0 Å². The number of aryl methyl sites for hydroxylation is 1. The number of rotatable bonds is 6. The number of carbonyl (C=O) groups is 2. The van der Waals surface area contributed by atoms with Gasteiger partial charge in [-0.25, -0.2) is 9.18 Å². The largest absolute Gasteiger partial charge is 0.352 e. The molecule has 3 rings (SSSR count). The first kappa shape index (κ1) is 20.8. The molecule has 2 aromatic carbocycles. The minimum absolute atomic E-state index is 0.0261. The van der Waals surface area contributed by atoms with Crippen LogP contribution in [0.15, 0.2) is 48.5 Å². The molecule has 0 spiro atoms. The Morgan fingerprint density at radius 3 is 2.38 bits per heavy atom. The van der Waals surface area contributed by atoms with E-state index in [1.165, 1.54) is 17.2 Å². The quantitative estimate of drug-likeness (QED) is 0.785. The molecule has 154 valence electrons. The van der Waals surface area contributed by atoms with Crippen molar-refractivity contribution in [1.82, 2.24) is 15.1 Å². The number of primary amides is 1. The van der Waals surface area contributed by atoms with Crippen LogP contribution in [0.1, 0.15) is 29.2 Å². The van der Waals surface area contributed by atoms with Crippen LogP contribution < -0.4 is 11.1 Å². The van der Waals surface area contributed by atoms with Crippen molar-refractivity contribution in [2.75, 3.05) is 26.2 Å². The van der Waals surface area contributed by atoms with Crippen molar-refractivity contribution in [3.63, 3.8) is 0 Å². The van der Waals surface area contributed by atoms with E-state index in [0.717, 1.165) is 19.6 Å². The van der Waals surface area contributed by atoms with Crippen molar-refractivity contribution >= 4 is 11.9 Å². The average molecular weight is 398 g/mol. The van der Waals surface area contributed by atoms with Gasteiger partial charge in [-0.05, 0) is 24.1 Å². The summed E-state index contributed by atoms with van der Waals surface area (Å²) in [5, 5.41) is 2.50. The van der Waals surface area contributed by atoms with E-state index in [1.807, 2.05) is 12.1 Å². The summed E-state index contributed by atoms with van der Waals surface area (Å²) in [6, 6.07) is 12.8. The molecular weight excluding hydrogens is 371 g/mol. The van der Waals surface area contributed by atoms with E-state index in [0.29, 0.717) is 13.1 Å². The molecule has 1 unspecified atom stereocenters. The maximum Gasteiger partial charge on any atom is 0.312 e. The molecule has 29 heavy (non-hydrogen) atoms. The maximum absolute atomic E-state index is 14.1. The molecule has 1 fully saturated rings. The highest BCUT2D eigenvalue weighted by Gasteiger charge is 2.26. The minimum atomic E-state index is -0.786. The Balaban J connectivity index is 1.58. The number of halogens is 1. The molecule has 0 saturated carbocycles. The fourth-order valence-electron chi connectivity index (χ4n) is 3.66. The molecule has 0 aliphatic carbocycles. The lowest BCUT2D eigenvalue weighted by Crippen LogP contribution is -2.49. The van der Waals surface area contributed by atoms with E-state index in [2.05, 4.69) is 29.3 Å². The molecule has 1 atom stereocenters. The van der Waals surface area contributed by atoms with Gasteiger partial charge in [0.05, 0.1) is 12.5 Å². The van der Waals surface area contributed by atoms with Crippen LogP contribution in [0.5, 0.6) is 0 Å². The summed E-state index contributed by atoms with van der Waals surface area (Å²) in [6.07, 6.45) is -0.0261. The Morgan fingerprint density at radius 1 is 1.07 bits per heavy atom. The van der Waals surface area contributed by atoms with Crippen LogP contribution in [0.4, 0.5) is 9.18 Å². The summed E-state index contributed by atoms with van der Waals surface area (Å²) >= 11 is 0. The van der Waals surface area contributed by atoms with Gasteiger partial charge in [-0.15, -0.1) is 0 Å². The molecular formula is C22H27FN4O2. The summed E-state index contributed by atoms with van der Waals surface area (Å²) in [5.41, 5.74) is 8.05. The highest BCUT2D eigenvalue weighted by molar-refractivity contribution is 5.79. The molecule has 0 aromatic heterocycles. The maximum atomic E-state index is 14.1. The third-order valence-electron chi connectivity index (χ3n) is 5.36. The smallest absolute Gasteiger partial charge is 0.312 e. The van der Waals surface area contributed by atoms with Crippen molar-refractivity contribution in [1.29, 1.82) is 0 Å². The van der Waals surface area contributed by atoms with Gasteiger partial charge in [0.15, 0.2) is 0 Å². The van der Waals surface area contributed by atoms with Crippen molar-refractivity contribution in [2.45, 2.75) is 25.9 Å². The van der Waals surface area contributed by atoms with Crippen molar-refractivity contribution < 1.29 is 14.0 Å². The molecule has 1 aliphatic heterocycles. The first-order valence-electron chi connectivity index (χ1n) is 9.79. The van der Waals surface area contributed by atoms with E-state index in [4.69, 9.17) is 5.73 Å². The number of nitrogens with two attached hydrogens (primary N) is 1. The number of hydrogen-bond acceptors (Lipinski definition) is 3. The number of benzene rings is 2. The van der Waals surface area contributed by atoms with Crippen LogP contribution in [0.25, 0.3) is 0 Å². The zero-order valence-electron chi connectivity index (χ0n) is 16.6. The number of hydrogen-bond donors (Lipinski definition) is 2. The number of piperazine rings is 1. The second-order valence-corrected chi connectivity index (χ2v) is 7.37. The van der Waals surface area contributed by atoms with Crippen LogP contribution in [-0.2, 0) is 11.3 Å². The molecule has 0 radical (unpaired) electrons. The predicted molar refractivity (Wildman–Crippen MR) is 110 cm³/mol. The van der Waals surface area contributed by atoms with Crippen LogP contribution in [0.2, 0.25) is 0 Å². The molecule has 1 heterocycles. The van der Waals surface area contributed by atoms with E-state index < -0.39 is 17.9 Å². The molecule has 7 heteroatoms. The van der Waals surface area contributed by atoms with E-state index in [9.17, 15) is 14.0 Å². The summed E-state index contributed by atoms with van der Waals surface area (Å²) < 4.78 is 14.1. The topological polar surface area (TPSA) is 78.7 Å². The fraction of sp³-hybridized carbons (Fsp3) is 0.364. The highest BCUT2D eigenvalue weighted by Crippen LogP contribution is 2.22. The van der Waals surface area contributed by atoms with Crippen molar-refractivity contribution in [3.05, 3.63) is 71.0 Å². The summed E-state index contributed by atoms with van der Waals surface area (Å²) in [4.78, 5) is 28.2. The van der Waals surface area contributed by atoms with Gasteiger partial charge >= 0.3 is 6.03 Å². The number of carbonyl (C=O) groups excluding carboxylic acids is 2. The van der Waals surface area contributed by atoms with Gasteiger partial charge in [-0.3, -0.25) is 9.69 Å². The lowest BCUT2D eigenvalue weighted by Gasteiger charge is -2.35. The normalized spacial score (nSPS) is 15.7. The SMILES string of the molecule is Cc1ccccc1CN1CCN(C(=O)CC(NC(N)=O)c2ccccc2F)CC1. The lowest BCUT2D eigenvalue weighted by molar-refractivity contribution is -0.133.